The Hall–Kier alpha value is -5.96. The van der Waals surface area contributed by atoms with E-state index < -0.39 is 51.2 Å². The van der Waals surface area contributed by atoms with Gasteiger partial charge in [-0.3, -0.25) is 39.7 Å². The first kappa shape index (κ1) is 35.9. The van der Waals surface area contributed by atoms with Gasteiger partial charge in [0.05, 0.1) is 40.5 Å². The predicted molar refractivity (Wildman–Crippen MR) is 176 cm³/mol. The molecule has 4 rings (SSSR count). The fraction of sp³-hybridized carbons (Fsp3) is 0.294. The molecular weight excluding hydrogens is 636 g/mol. The number of nitro benzene ring substituents is 2. The number of hydrogen-bond donors (Lipinski definition) is 2. The monoisotopic (exact) mass is 672 g/mol. The molecule has 2 N–H and O–H groups in total. The van der Waals surface area contributed by atoms with Crippen LogP contribution in [0.2, 0.25) is 0 Å². The molecule has 4 aromatic rings. The summed E-state index contributed by atoms with van der Waals surface area (Å²) in [5.74, 6) is -1.85. The summed E-state index contributed by atoms with van der Waals surface area (Å²) in [5, 5.41) is 28.5. The average Bonchev–Trinajstić information content (AvgIpc) is 3.56. The second-order valence-electron chi connectivity index (χ2n) is 11.5. The quantitative estimate of drug-likeness (QED) is 0.0926. The molecule has 0 radical (unpaired) electrons. The molecule has 0 aliphatic rings. The highest BCUT2D eigenvalue weighted by atomic mass is 16.6. The van der Waals surface area contributed by atoms with Gasteiger partial charge in [-0.25, -0.2) is 9.78 Å². The SMILES string of the molecule is CC(C)C[C@H](NC(=O)[C@H](Cc1cn(-c2ccc([N+](=O)[O-])cc2[N+](=O)[O-])cn1)NCC(=O)OCc1ccccc1)C(=O)OCc1ccccc1. The van der Waals surface area contributed by atoms with Crippen molar-refractivity contribution in [3.63, 3.8) is 0 Å². The minimum absolute atomic E-state index is 0.0159. The Balaban J connectivity index is 1.52. The second kappa shape index (κ2) is 17.3. The first-order valence-corrected chi connectivity index (χ1v) is 15.4. The summed E-state index contributed by atoms with van der Waals surface area (Å²) in [4.78, 5) is 65.1. The third-order valence-corrected chi connectivity index (χ3v) is 7.28. The van der Waals surface area contributed by atoms with Crippen LogP contribution in [-0.2, 0) is 43.5 Å². The molecule has 0 bridgehead atoms. The first-order valence-electron chi connectivity index (χ1n) is 15.4. The number of carbonyl (C=O) groups is 3. The van der Waals surface area contributed by atoms with Gasteiger partial charge < -0.3 is 14.8 Å². The van der Waals surface area contributed by atoms with Gasteiger partial charge in [0.25, 0.3) is 11.4 Å². The van der Waals surface area contributed by atoms with Crippen molar-refractivity contribution in [2.75, 3.05) is 6.54 Å². The van der Waals surface area contributed by atoms with E-state index in [9.17, 15) is 34.6 Å². The van der Waals surface area contributed by atoms with E-state index in [0.29, 0.717) is 5.69 Å². The van der Waals surface area contributed by atoms with Gasteiger partial charge in [0.2, 0.25) is 5.91 Å². The summed E-state index contributed by atoms with van der Waals surface area (Å²) in [5.41, 5.74) is 0.909. The van der Waals surface area contributed by atoms with Crippen LogP contribution in [0.4, 0.5) is 11.4 Å². The van der Waals surface area contributed by atoms with Crippen molar-refractivity contribution < 1.29 is 33.7 Å². The van der Waals surface area contributed by atoms with Gasteiger partial charge in [0, 0.05) is 18.7 Å². The number of nitro groups is 2. The van der Waals surface area contributed by atoms with Crippen LogP contribution in [0.3, 0.4) is 0 Å². The van der Waals surface area contributed by atoms with Crippen LogP contribution < -0.4 is 10.6 Å². The highest BCUT2D eigenvalue weighted by Gasteiger charge is 2.29. The summed E-state index contributed by atoms with van der Waals surface area (Å²) in [6.45, 7) is 3.48. The molecule has 0 saturated heterocycles. The van der Waals surface area contributed by atoms with Gasteiger partial charge in [-0.05, 0) is 29.5 Å². The van der Waals surface area contributed by atoms with E-state index in [1.165, 1.54) is 23.2 Å². The molecule has 0 aliphatic heterocycles. The van der Waals surface area contributed by atoms with Gasteiger partial charge in [-0.2, -0.15) is 0 Å². The molecule has 0 fully saturated rings. The Labute approximate surface area is 281 Å². The smallest absolute Gasteiger partial charge is 0.328 e. The van der Waals surface area contributed by atoms with Crippen molar-refractivity contribution in [1.29, 1.82) is 0 Å². The number of nitrogens with zero attached hydrogens (tertiary/aromatic N) is 4. The van der Waals surface area contributed by atoms with E-state index in [0.717, 1.165) is 23.3 Å². The molecule has 3 aromatic carbocycles. The summed E-state index contributed by atoms with van der Waals surface area (Å²) >= 11 is 0. The third-order valence-electron chi connectivity index (χ3n) is 7.28. The number of aromatic nitrogens is 2. The average molecular weight is 673 g/mol. The minimum atomic E-state index is -1.10. The third kappa shape index (κ3) is 10.8. The molecular formula is C34H36N6O9. The van der Waals surface area contributed by atoms with Gasteiger partial charge >= 0.3 is 11.9 Å². The van der Waals surface area contributed by atoms with Crippen molar-refractivity contribution in [1.82, 2.24) is 20.2 Å². The zero-order valence-corrected chi connectivity index (χ0v) is 26.9. The lowest BCUT2D eigenvalue weighted by Crippen LogP contribution is -2.52. The van der Waals surface area contributed by atoms with Crippen molar-refractivity contribution in [3.05, 3.63) is 128 Å². The van der Waals surface area contributed by atoms with Crippen LogP contribution in [-0.4, -0.2) is 55.9 Å². The normalized spacial score (nSPS) is 12.1. The Kier molecular flexibility index (Phi) is 12.6. The standard InChI is InChI=1S/C34H36N6O9/c1-23(2)15-29(34(43)49-21-25-11-7-4-8-12-25)37-33(42)28(35-18-32(41)48-20-24-9-5-3-6-10-24)16-26-19-38(22-36-26)30-14-13-27(39(44)45)17-31(30)40(46)47/h3-14,17,19,22-23,28-29,35H,15-16,18,20-21H2,1-2H3,(H,37,42)/t28-,29-/m0/s1. The van der Waals surface area contributed by atoms with Crippen molar-refractivity contribution in [3.8, 4) is 5.69 Å². The molecule has 0 unspecified atom stereocenters. The van der Waals surface area contributed by atoms with Crippen LogP contribution in [0.25, 0.3) is 5.69 Å². The number of imidazole rings is 1. The Morgan fingerprint density at radius 1 is 0.857 bits per heavy atom. The minimum Gasteiger partial charge on any atom is -0.460 e. The van der Waals surface area contributed by atoms with Gasteiger partial charge in [-0.1, -0.05) is 74.5 Å². The highest BCUT2D eigenvalue weighted by Crippen LogP contribution is 2.28. The predicted octanol–water partition coefficient (Wildman–Crippen LogP) is 4.21. The lowest BCUT2D eigenvalue weighted by molar-refractivity contribution is -0.394. The number of ether oxygens (including phenoxy) is 2. The van der Waals surface area contributed by atoms with Crippen LogP contribution in [0.1, 0.15) is 37.1 Å². The molecule has 0 saturated carbocycles. The number of hydrogen-bond acceptors (Lipinski definition) is 11. The van der Waals surface area contributed by atoms with Crippen LogP contribution >= 0.6 is 0 Å². The molecule has 1 amide bonds. The van der Waals surface area contributed by atoms with E-state index in [1.54, 1.807) is 12.1 Å². The Bertz CT molecular complexity index is 1760. The molecule has 0 spiro atoms. The molecule has 256 valence electrons. The Morgan fingerprint density at radius 2 is 1.49 bits per heavy atom. The summed E-state index contributed by atoms with van der Waals surface area (Å²) < 4.78 is 12.2. The number of carbonyl (C=O) groups excluding carboxylic acids is 3. The highest BCUT2D eigenvalue weighted by molar-refractivity contribution is 5.88. The van der Waals surface area contributed by atoms with Gasteiger partial charge in [-0.15, -0.1) is 0 Å². The lowest BCUT2D eigenvalue weighted by atomic mass is 10.0. The zero-order chi connectivity index (χ0) is 35.3. The molecule has 1 aromatic heterocycles. The van der Waals surface area contributed by atoms with Crippen molar-refractivity contribution in [2.24, 2.45) is 5.92 Å². The number of amides is 1. The maximum atomic E-state index is 13.7. The Morgan fingerprint density at radius 3 is 2.08 bits per heavy atom. The number of rotatable bonds is 17. The molecule has 0 aliphatic carbocycles. The number of nitrogens with one attached hydrogen (secondary N) is 2. The van der Waals surface area contributed by atoms with E-state index in [4.69, 9.17) is 9.47 Å². The molecule has 15 heteroatoms. The van der Waals surface area contributed by atoms with E-state index >= 15 is 0 Å². The summed E-state index contributed by atoms with van der Waals surface area (Å²) in [6, 6.07) is 19.3. The summed E-state index contributed by atoms with van der Waals surface area (Å²) in [6.07, 6.45) is 2.89. The van der Waals surface area contributed by atoms with Crippen LogP contribution in [0, 0.1) is 26.1 Å². The maximum Gasteiger partial charge on any atom is 0.328 e. The number of benzene rings is 3. The van der Waals surface area contributed by atoms with E-state index in [2.05, 4.69) is 15.6 Å². The van der Waals surface area contributed by atoms with Crippen LogP contribution in [0.15, 0.2) is 91.4 Å². The lowest BCUT2D eigenvalue weighted by Gasteiger charge is -2.23. The van der Waals surface area contributed by atoms with E-state index in [-0.39, 0.29) is 44.2 Å². The van der Waals surface area contributed by atoms with Crippen molar-refractivity contribution in [2.45, 2.75) is 52.0 Å². The van der Waals surface area contributed by atoms with Gasteiger partial charge in [0.1, 0.15) is 24.9 Å². The largest absolute Gasteiger partial charge is 0.460 e. The van der Waals surface area contributed by atoms with Crippen molar-refractivity contribution >= 4 is 29.2 Å². The maximum absolute atomic E-state index is 13.7. The zero-order valence-electron chi connectivity index (χ0n) is 26.9. The molecule has 15 nitrogen and oxygen atoms in total. The topological polar surface area (TPSA) is 198 Å². The van der Waals surface area contributed by atoms with Crippen LogP contribution in [0.5, 0.6) is 0 Å². The van der Waals surface area contributed by atoms with Gasteiger partial charge in [0.15, 0.2) is 0 Å². The summed E-state index contributed by atoms with van der Waals surface area (Å²) in [7, 11) is 0. The fourth-order valence-electron chi connectivity index (χ4n) is 4.84. The second-order valence-corrected chi connectivity index (χ2v) is 11.5. The number of non-ortho nitro benzene ring substituents is 1. The fourth-order valence-corrected chi connectivity index (χ4v) is 4.84. The number of esters is 2. The molecule has 1 heterocycles. The first-order chi connectivity index (χ1) is 23.5. The molecule has 49 heavy (non-hydrogen) atoms. The van der Waals surface area contributed by atoms with E-state index in [1.807, 2.05) is 62.4 Å². The molecule has 2 atom stereocenters.